The molecular weight excluding hydrogens is 352 g/mol. The molecule has 4 rings (SSSR count). The van der Waals surface area contributed by atoms with Crippen LogP contribution >= 0.6 is 0 Å². The molecule has 2 unspecified atom stereocenters. The third-order valence-corrected chi connectivity index (χ3v) is 4.84. The topological polar surface area (TPSA) is 83.0 Å². The Bertz CT molecular complexity index is 952. The molecule has 144 valence electrons. The highest BCUT2D eigenvalue weighted by Crippen LogP contribution is 2.26. The molecule has 0 spiro atoms. The first-order chi connectivity index (χ1) is 13.6. The first-order valence-corrected chi connectivity index (χ1v) is 9.34. The summed E-state index contributed by atoms with van der Waals surface area (Å²) in [6.45, 7) is 3.54. The van der Waals surface area contributed by atoms with Crippen LogP contribution in [0, 0.1) is 6.92 Å². The summed E-state index contributed by atoms with van der Waals surface area (Å²) < 4.78 is 1.85. The quantitative estimate of drug-likeness (QED) is 0.550. The molecule has 2 heterocycles. The van der Waals surface area contributed by atoms with E-state index >= 15 is 0 Å². The number of nitrogens with zero attached hydrogens (tertiary/aromatic N) is 2. The zero-order chi connectivity index (χ0) is 19.5. The minimum atomic E-state index is -0.0665. The van der Waals surface area contributed by atoms with Crippen molar-refractivity contribution in [3.63, 3.8) is 0 Å². The molecule has 4 N–H and O–H groups in total. The Balaban J connectivity index is 1.38. The van der Waals surface area contributed by atoms with Crippen LogP contribution in [0.3, 0.4) is 0 Å². The maximum absolute atomic E-state index is 11.2. The van der Waals surface area contributed by atoms with Crippen molar-refractivity contribution in [3.05, 3.63) is 72.1 Å². The van der Waals surface area contributed by atoms with Crippen LogP contribution in [-0.4, -0.2) is 21.9 Å². The average molecular weight is 376 g/mol. The first-order valence-electron chi connectivity index (χ1n) is 9.34. The fourth-order valence-electron chi connectivity index (χ4n) is 3.44. The van der Waals surface area contributed by atoms with Crippen LogP contribution in [0.1, 0.15) is 30.5 Å². The summed E-state index contributed by atoms with van der Waals surface area (Å²) in [5, 5.41) is 10.6. The van der Waals surface area contributed by atoms with E-state index in [0.29, 0.717) is 0 Å². The second-order valence-electron chi connectivity index (χ2n) is 7.03. The van der Waals surface area contributed by atoms with Crippen molar-refractivity contribution < 1.29 is 4.79 Å². The molecule has 1 aromatic heterocycles. The predicted molar refractivity (Wildman–Crippen MR) is 110 cm³/mol. The van der Waals surface area contributed by atoms with Gasteiger partial charge < -0.3 is 10.6 Å². The number of hydrogen-bond acceptors (Lipinski definition) is 5. The maximum atomic E-state index is 11.2. The van der Waals surface area contributed by atoms with Gasteiger partial charge in [0.1, 0.15) is 0 Å². The van der Waals surface area contributed by atoms with Gasteiger partial charge in [-0.3, -0.25) is 4.79 Å². The number of aromatic nitrogens is 2. The highest BCUT2D eigenvalue weighted by atomic mass is 16.1. The van der Waals surface area contributed by atoms with Crippen LogP contribution in [0.15, 0.2) is 60.9 Å². The minimum absolute atomic E-state index is 0.0665. The smallest absolute Gasteiger partial charge is 0.221 e. The molecule has 1 saturated heterocycles. The number of aryl methyl sites for hydroxylation is 1. The molecular formula is C21H24N6O. The molecule has 7 nitrogen and oxygen atoms in total. The SMILES string of the molecule is CC(=O)Nc1ccc(NC2CC(c3ccc(-n4cccn4)cc3)NN2)c(C)c1. The molecule has 1 fully saturated rings. The van der Waals surface area contributed by atoms with Crippen LogP contribution in [0.2, 0.25) is 0 Å². The normalized spacial score (nSPS) is 18.8. The fraction of sp³-hybridized carbons (Fsp3) is 0.238. The molecule has 1 aliphatic rings. The summed E-state index contributed by atoms with van der Waals surface area (Å²) in [7, 11) is 0. The van der Waals surface area contributed by atoms with E-state index in [1.165, 1.54) is 12.5 Å². The fourth-order valence-corrected chi connectivity index (χ4v) is 3.44. The van der Waals surface area contributed by atoms with Crippen molar-refractivity contribution in [2.75, 3.05) is 10.6 Å². The summed E-state index contributed by atoms with van der Waals surface area (Å²) in [6.07, 6.45) is 4.73. The lowest BCUT2D eigenvalue weighted by molar-refractivity contribution is -0.114. The minimum Gasteiger partial charge on any atom is -0.368 e. The molecule has 2 atom stereocenters. The average Bonchev–Trinajstić information content (AvgIpc) is 3.36. The number of nitrogens with one attached hydrogen (secondary N) is 4. The largest absolute Gasteiger partial charge is 0.368 e. The van der Waals surface area contributed by atoms with E-state index < -0.39 is 0 Å². The van der Waals surface area contributed by atoms with Crippen molar-refractivity contribution in [1.29, 1.82) is 0 Å². The molecule has 28 heavy (non-hydrogen) atoms. The number of benzene rings is 2. The van der Waals surface area contributed by atoms with Crippen LogP contribution in [0.5, 0.6) is 0 Å². The van der Waals surface area contributed by atoms with Gasteiger partial charge in [0.2, 0.25) is 5.91 Å². The van der Waals surface area contributed by atoms with Gasteiger partial charge in [0.05, 0.1) is 11.9 Å². The zero-order valence-electron chi connectivity index (χ0n) is 15.9. The van der Waals surface area contributed by atoms with E-state index in [4.69, 9.17) is 0 Å². The second-order valence-corrected chi connectivity index (χ2v) is 7.03. The van der Waals surface area contributed by atoms with Gasteiger partial charge in [0, 0.05) is 43.2 Å². The Hall–Kier alpha value is -3.16. The summed E-state index contributed by atoms with van der Waals surface area (Å²) in [4.78, 5) is 11.2. The van der Waals surface area contributed by atoms with Crippen molar-refractivity contribution in [2.45, 2.75) is 32.5 Å². The van der Waals surface area contributed by atoms with E-state index in [1.807, 2.05) is 42.1 Å². The van der Waals surface area contributed by atoms with Crippen LogP contribution in [-0.2, 0) is 4.79 Å². The standard InChI is InChI=1S/C21H24N6O/c1-14-12-17(23-15(2)28)6-9-19(14)24-21-13-20(25-26-21)16-4-7-18(8-5-16)27-11-3-10-22-27/h3-12,20-21,24-26H,13H2,1-2H3,(H,23,28). The first kappa shape index (κ1) is 18.2. The summed E-state index contributed by atoms with van der Waals surface area (Å²) in [5.41, 5.74) is 11.9. The Kier molecular flexibility index (Phi) is 5.10. The lowest BCUT2D eigenvalue weighted by atomic mass is 10.0. The van der Waals surface area contributed by atoms with Gasteiger partial charge in [0.25, 0.3) is 0 Å². The molecule has 2 aromatic carbocycles. The summed E-state index contributed by atoms with van der Waals surface area (Å²) in [5.74, 6) is -0.0665. The Labute approximate surface area is 164 Å². The van der Waals surface area contributed by atoms with E-state index in [0.717, 1.165) is 29.0 Å². The van der Waals surface area contributed by atoms with Gasteiger partial charge in [-0.1, -0.05) is 12.1 Å². The third-order valence-electron chi connectivity index (χ3n) is 4.84. The number of rotatable bonds is 5. The van der Waals surface area contributed by atoms with Gasteiger partial charge in [-0.25, -0.2) is 15.5 Å². The molecule has 0 saturated carbocycles. The zero-order valence-corrected chi connectivity index (χ0v) is 15.9. The number of carbonyl (C=O) groups excluding carboxylic acids is 1. The highest BCUT2D eigenvalue weighted by molar-refractivity contribution is 5.89. The van der Waals surface area contributed by atoms with Crippen molar-refractivity contribution in [3.8, 4) is 5.69 Å². The summed E-state index contributed by atoms with van der Waals surface area (Å²) >= 11 is 0. The lowest BCUT2D eigenvalue weighted by Crippen LogP contribution is -2.36. The molecule has 1 aliphatic heterocycles. The monoisotopic (exact) mass is 376 g/mol. The van der Waals surface area contributed by atoms with Crippen LogP contribution in [0.4, 0.5) is 11.4 Å². The highest BCUT2D eigenvalue weighted by Gasteiger charge is 2.25. The molecule has 7 heteroatoms. The van der Waals surface area contributed by atoms with E-state index in [9.17, 15) is 4.79 Å². The molecule has 0 bridgehead atoms. The Morgan fingerprint density at radius 1 is 1.18 bits per heavy atom. The molecule has 3 aromatic rings. The Morgan fingerprint density at radius 2 is 2.00 bits per heavy atom. The number of hydrogen-bond donors (Lipinski definition) is 4. The van der Waals surface area contributed by atoms with Crippen molar-refractivity contribution in [2.24, 2.45) is 0 Å². The van der Waals surface area contributed by atoms with Gasteiger partial charge in [-0.15, -0.1) is 0 Å². The number of amides is 1. The number of anilines is 2. The summed E-state index contributed by atoms with van der Waals surface area (Å²) in [6, 6.07) is 16.4. The molecule has 0 aliphatic carbocycles. The number of carbonyl (C=O) groups is 1. The van der Waals surface area contributed by atoms with E-state index in [2.05, 4.69) is 50.8 Å². The van der Waals surface area contributed by atoms with Crippen LogP contribution in [0.25, 0.3) is 5.69 Å². The van der Waals surface area contributed by atoms with Crippen LogP contribution < -0.4 is 21.5 Å². The van der Waals surface area contributed by atoms with Crippen molar-refractivity contribution >= 4 is 17.3 Å². The van der Waals surface area contributed by atoms with Gasteiger partial charge in [0.15, 0.2) is 0 Å². The van der Waals surface area contributed by atoms with Gasteiger partial charge in [-0.2, -0.15) is 5.10 Å². The van der Waals surface area contributed by atoms with Gasteiger partial charge in [-0.05, 0) is 54.4 Å². The second kappa shape index (κ2) is 7.84. The predicted octanol–water partition coefficient (Wildman–Crippen LogP) is 3.12. The van der Waals surface area contributed by atoms with Crippen molar-refractivity contribution in [1.82, 2.24) is 20.6 Å². The Morgan fingerprint density at radius 3 is 2.68 bits per heavy atom. The van der Waals surface area contributed by atoms with Gasteiger partial charge >= 0.3 is 0 Å². The van der Waals surface area contributed by atoms with E-state index in [-0.39, 0.29) is 18.1 Å². The lowest BCUT2D eigenvalue weighted by Gasteiger charge is -2.16. The molecule has 0 radical (unpaired) electrons. The third kappa shape index (κ3) is 4.05. The molecule has 1 amide bonds. The number of hydrazine groups is 1. The van der Waals surface area contributed by atoms with E-state index in [1.54, 1.807) is 6.20 Å². The maximum Gasteiger partial charge on any atom is 0.221 e.